The Hall–Kier alpha value is -5.10. The fraction of sp³-hybridized carbons (Fsp3) is 0.571. The maximum absolute atomic E-state index is 15.4. The van der Waals surface area contributed by atoms with Gasteiger partial charge in [0.1, 0.15) is 36.1 Å². The van der Waals surface area contributed by atoms with Crippen LogP contribution in [-0.4, -0.2) is 129 Å². The van der Waals surface area contributed by atoms with Gasteiger partial charge in [-0.25, -0.2) is 27.5 Å². The Balaban J connectivity index is 1.41. The van der Waals surface area contributed by atoms with Crippen LogP contribution in [0.1, 0.15) is 53.4 Å². The molecule has 0 aliphatic carbocycles. The molecule has 4 heterocycles. The first-order chi connectivity index (χ1) is 28.6. The topological polar surface area (TPSA) is 159 Å². The van der Waals surface area contributed by atoms with E-state index in [1.807, 2.05) is 27.7 Å². The minimum absolute atomic E-state index is 0.00381. The Morgan fingerprint density at radius 2 is 1.05 bits per heavy atom. The van der Waals surface area contributed by atoms with Crippen molar-refractivity contribution in [2.24, 2.45) is 11.8 Å². The summed E-state index contributed by atoms with van der Waals surface area (Å²) in [5.74, 6) is -2.26. The van der Waals surface area contributed by atoms with E-state index in [2.05, 4.69) is 21.3 Å². The van der Waals surface area contributed by atoms with E-state index < -0.39 is 60.0 Å². The minimum atomic E-state index is -1.36. The number of hydrogen-bond acceptors (Lipinski definition) is 8. The fourth-order valence-electron chi connectivity index (χ4n) is 8.54. The van der Waals surface area contributed by atoms with Gasteiger partial charge in [-0.05, 0) is 63.0 Å². The van der Waals surface area contributed by atoms with Crippen molar-refractivity contribution in [1.29, 1.82) is 0 Å². The number of benzene rings is 2. The summed E-state index contributed by atoms with van der Waals surface area (Å²) < 4.78 is 63.9. The second-order valence-corrected chi connectivity index (χ2v) is 16.9. The van der Waals surface area contributed by atoms with Crippen LogP contribution < -0.4 is 21.3 Å². The normalized spacial score (nSPS) is 20.5. The second-order valence-electron chi connectivity index (χ2n) is 16.9. The van der Waals surface area contributed by atoms with E-state index in [1.54, 1.807) is 23.2 Å². The number of nitrogens with zero attached hydrogens (tertiary/aromatic N) is 6. The van der Waals surface area contributed by atoms with Crippen molar-refractivity contribution in [3.8, 4) is 11.6 Å². The number of hydrogen-bond donors (Lipinski definition) is 4. The first-order valence-corrected chi connectivity index (χ1v) is 20.7. The molecule has 2 aliphatic heterocycles. The lowest BCUT2D eigenvalue weighted by Crippen LogP contribution is -2.52. The van der Waals surface area contributed by atoms with Gasteiger partial charge >= 0.3 is 0 Å². The highest BCUT2D eigenvalue weighted by molar-refractivity contribution is 5.90. The molecule has 326 valence electrons. The number of alkyl halides is 2. The second kappa shape index (κ2) is 19.1. The van der Waals surface area contributed by atoms with Crippen LogP contribution >= 0.6 is 0 Å². The van der Waals surface area contributed by atoms with E-state index in [1.165, 1.54) is 46.2 Å². The smallest absolute Gasteiger partial charge is 0.245 e. The fourth-order valence-corrected chi connectivity index (χ4v) is 8.54. The summed E-state index contributed by atoms with van der Waals surface area (Å²) in [5, 5.41) is 11.2. The number of carbonyl (C=O) groups excluding carboxylic acids is 4. The molecule has 2 aromatic carbocycles. The Bertz CT molecular complexity index is 2040. The maximum atomic E-state index is 15.4. The standard InChI is InChI=1S/C42H56F4N10O4/c1-23(2)11-33(49-37(57)17-47-5)41(59)53-19-27(45)13-29(53)21-55-35-9-7-25(43)15-31(35)51-39(55)40-52-32-16-26(44)8-10-36(32)56(40)22-30-14-28(46)20-54(30)42(60)34(12-24(3)4)50-38(58)18-48-6/h7-10,15-16,23-24,27-30,33-34,47-48H,11-14,17-22H2,1-6H3,(H,49,57)(H,50,58). The van der Waals surface area contributed by atoms with Crippen LogP contribution in [-0.2, 0) is 32.3 Å². The molecule has 4 amide bonds. The average molecular weight is 841 g/mol. The molecule has 0 spiro atoms. The molecule has 6 atom stereocenters. The summed E-state index contributed by atoms with van der Waals surface area (Å²) in [7, 11) is 3.23. The monoisotopic (exact) mass is 840 g/mol. The quantitative estimate of drug-likeness (QED) is 0.117. The third-order valence-electron chi connectivity index (χ3n) is 11.1. The molecular formula is C42H56F4N10O4. The summed E-state index contributed by atoms with van der Waals surface area (Å²) in [6, 6.07) is 4.84. The lowest BCUT2D eigenvalue weighted by molar-refractivity contribution is -0.138. The molecule has 4 N–H and O–H groups in total. The van der Waals surface area contributed by atoms with Gasteiger partial charge in [-0.3, -0.25) is 19.2 Å². The van der Waals surface area contributed by atoms with Gasteiger partial charge in [0.2, 0.25) is 23.6 Å². The van der Waals surface area contributed by atoms with Crippen LogP contribution in [0.4, 0.5) is 17.6 Å². The third kappa shape index (κ3) is 10.1. The molecular weight excluding hydrogens is 785 g/mol. The highest BCUT2D eigenvalue weighted by Gasteiger charge is 2.42. The molecule has 0 bridgehead atoms. The van der Waals surface area contributed by atoms with Crippen LogP contribution in [0.15, 0.2) is 36.4 Å². The van der Waals surface area contributed by atoms with Crippen molar-refractivity contribution < 1.29 is 36.7 Å². The van der Waals surface area contributed by atoms with Gasteiger partial charge in [0.15, 0.2) is 11.6 Å². The number of likely N-dealkylation sites (N-methyl/N-ethyl adjacent to an activating group) is 2. The molecule has 0 saturated carbocycles. The van der Waals surface area contributed by atoms with Gasteiger partial charge < -0.3 is 40.2 Å². The molecule has 18 heteroatoms. The molecule has 6 unspecified atom stereocenters. The Morgan fingerprint density at radius 3 is 1.40 bits per heavy atom. The highest BCUT2D eigenvalue weighted by Crippen LogP contribution is 2.34. The largest absolute Gasteiger partial charge is 0.343 e. The number of likely N-dealkylation sites (tertiary alicyclic amines) is 2. The van der Waals surface area contributed by atoms with E-state index in [-0.39, 0.29) is 98.4 Å². The number of amides is 4. The summed E-state index contributed by atoms with van der Waals surface area (Å²) >= 11 is 0. The summed E-state index contributed by atoms with van der Waals surface area (Å²) in [6.07, 6.45) is -2.12. The van der Waals surface area contributed by atoms with Gasteiger partial charge in [-0.2, -0.15) is 0 Å². The lowest BCUT2D eigenvalue weighted by atomic mass is 10.0. The van der Waals surface area contributed by atoms with Crippen LogP contribution in [0.5, 0.6) is 0 Å². The van der Waals surface area contributed by atoms with Crippen molar-refractivity contribution in [1.82, 2.24) is 50.2 Å². The SMILES string of the molecule is CNCC(=O)NC(CC(C)C)C(=O)N1CC(F)CC1Cn1c(-c2nc3cc(F)ccc3n2CC2CC(F)CN2C(=O)C(CC(C)C)NC(=O)CNC)nc2cc(F)ccc21. The molecule has 6 rings (SSSR count). The predicted molar refractivity (Wildman–Crippen MR) is 219 cm³/mol. The number of imidazole rings is 2. The molecule has 14 nitrogen and oxygen atoms in total. The number of fused-ring (bicyclic) bond motifs is 2. The van der Waals surface area contributed by atoms with Gasteiger partial charge in [0, 0.05) is 38.1 Å². The lowest BCUT2D eigenvalue weighted by Gasteiger charge is -2.31. The minimum Gasteiger partial charge on any atom is -0.343 e. The van der Waals surface area contributed by atoms with Gasteiger partial charge in [-0.15, -0.1) is 0 Å². The van der Waals surface area contributed by atoms with Gasteiger partial charge in [0.05, 0.1) is 60.3 Å². The molecule has 2 aromatic heterocycles. The molecule has 4 aromatic rings. The molecule has 2 saturated heterocycles. The van der Waals surface area contributed by atoms with E-state index in [9.17, 15) is 28.0 Å². The number of rotatable bonds is 17. The average Bonchev–Trinajstić information content (AvgIpc) is 3.93. The maximum Gasteiger partial charge on any atom is 0.245 e. The van der Waals surface area contributed by atoms with Gasteiger partial charge in [0.25, 0.3) is 0 Å². The number of nitrogens with one attached hydrogen (secondary N) is 4. The van der Waals surface area contributed by atoms with E-state index in [4.69, 9.17) is 9.97 Å². The molecule has 2 fully saturated rings. The Kier molecular flexibility index (Phi) is 14.1. The summed E-state index contributed by atoms with van der Waals surface area (Å²) in [5.41, 5.74) is 1.41. The summed E-state index contributed by atoms with van der Waals surface area (Å²) in [6.45, 7) is 7.29. The van der Waals surface area contributed by atoms with Crippen LogP contribution in [0.25, 0.3) is 33.7 Å². The Labute approximate surface area is 346 Å². The van der Waals surface area contributed by atoms with Crippen molar-refractivity contribution in [2.75, 3.05) is 40.3 Å². The first-order valence-electron chi connectivity index (χ1n) is 20.7. The Morgan fingerprint density at radius 1 is 0.667 bits per heavy atom. The first kappa shape index (κ1) is 44.5. The zero-order chi connectivity index (χ0) is 43.4. The van der Waals surface area contributed by atoms with E-state index >= 15 is 8.78 Å². The van der Waals surface area contributed by atoms with Crippen LogP contribution in [0, 0.1) is 23.5 Å². The third-order valence-corrected chi connectivity index (χ3v) is 11.1. The van der Waals surface area contributed by atoms with Gasteiger partial charge in [-0.1, -0.05) is 27.7 Å². The number of carbonyl (C=O) groups is 4. The highest BCUT2D eigenvalue weighted by atomic mass is 19.1. The zero-order valence-corrected chi connectivity index (χ0v) is 35.0. The molecule has 0 radical (unpaired) electrons. The number of halogens is 4. The van der Waals surface area contributed by atoms with Crippen molar-refractivity contribution >= 4 is 45.7 Å². The van der Waals surface area contributed by atoms with Crippen LogP contribution in [0.3, 0.4) is 0 Å². The molecule has 2 aliphatic rings. The van der Waals surface area contributed by atoms with E-state index in [0.29, 0.717) is 23.9 Å². The molecule has 60 heavy (non-hydrogen) atoms. The predicted octanol–water partition coefficient (Wildman–Crippen LogP) is 3.71. The van der Waals surface area contributed by atoms with Crippen molar-refractivity contribution in [2.45, 2.75) is 103 Å². The van der Waals surface area contributed by atoms with Crippen LogP contribution in [0.2, 0.25) is 0 Å². The van der Waals surface area contributed by atoms with E-state index in [0.717, 1.165) is 0 Å². The summed E-state index contributed by atoms with van der Waals surface area (Å²) in [4.78, 5) is 66.2. The zero-order valence-electron chi connectivity index (χ0n) is 35.0. The number of aromatic nitrogens is 4. The van der Waals surface area contributed by atoms with Crippen molar-refractivity contribution in [3.05, 3.63) is 48.0 Å². The van der Waals surface area contributed by atoms with Crippen molar-refractivity contribution in [3.63, 3.8) is 0 Å².